The van der Waals surface area contributed by atoms with Crippen molar-refractivity contribution in [2.24, 2.45) is 0 Å². The third kappa shape index (κ3) is 2.52. The Kier molecular flexibility index (Phi) is 4.17. The van der Waals surface area contributed by atoms with Gasteiger partial charge in [-0.05, 0) is 36.1 Å². The van der Waals surface area contributed by atoms with Crippen molar-refractivity contribution < 1.29 is 14.4 Å². The van der Waals surface area contributed by atoms with Gasteiger partial charge in [-0.25, -0.2) is 4.90 Å². The molecule has 0 fully saturated rings. The van der Waals surface area contributed by atoms with E-state index < -0.39 is 5.91 Å². The van der Waals surface area contributed by atoms with Crippen LogP contribution in [0.4, 0.5) is 5.69 Å². The lowest BCUT2D eigenvalue weighted by Gasteiger charge is -2.22. The second-order valence-electron chi connectivity index (χ2n) is 6.42. The average Bonchev–Trinajstić information content (AvgIpc) is 2.85. The van der Waals surface area contributed by atoms with E-state index in [2.05, 4.69) is 5.32 Å². The van der Waals surface area contributed by atoms with Crippen LogP contribution in [0.1, 0.15) is 62.0 Å². The summed E-state index contributed by atoms with van der Waals surface area (Å²) in [5.74, 6) is -1.07. The van der Waals surface area contributed by atoms with Crippen LogP contribution in [0.5, 0.6) is 0 Å². The molecule has 1 aliphatic rings. The molecule has 128 valence electrons. The second-order valence-corrected chi connectivity index (χ2v) is 6.42. The van der Waals surface area contributed by atoms with Gasteiger partial charge in [-0.2, -0.15) is 0 Å². The zero-order valence-electron chi connectivity index (χ0n) is 14.7. The van der Waals surface area contributed by atoms with Gasteiger partial charge in [-0.3, -0.25) is 14.4 Å². The Morgan fingerprint density at radius 3 is 2.36 bits per heavy atom. The topological polar surface area (TPSA) is 66.5 Å². The summed E-state index contributed by atoms with van der Waals surface area (Å²) in [7, 11) is 1.50. The van der Waals surface area contributed by atoms with Crippen molar-refractivity contribution in [3.63, 3.8) is 0 Å². The molecule has 5 nitrogen and oxygen atoms in total. The monoisotopic (exact) mass is 336 g/mol. The van der Waals surface area contributed by atoms with Crippen LogP contribution >= 0.6 is 0 Å². The molecular formula is C20H20N2O3. The number of rotatable bonds is 3. The maximum absolute atomic E-state index is 13.1. The molecule has 1 aliphatic heterocycles. The van der Waals surface area contributed by atoms with E-state index in [1.807, 2.05) is 39.0 Å². The molecule has 0 aliphatic carbocycles. The van der Waals surface area contributed by atoms with E-state index in [0.717, 1.165) is 11.1 Å². The number of nitrogens with one attached hydrogen (secondary N) is 1. The van der Waals surface area contributed by atoms with Gasteiger partial charge in [0.2, 0.25) is 0 Å². The third-order valence-corrected chi connectivity index (χ3v) is 4.50. The highest BCUT2D eigenvalue weighted by Crippen LogP contribution is 2.37. The number of aryl methyl sites for hydroxylation is 1. The Morgan fingerprint density at radius 2 is 1.72 bits per heavy atom. The van der Waals surface area contributed by atoms with Crippen LogP contribution in [0.2, 0.25) is 0 Å². The lowest BCUT2D eigenvalue weighted by Crippen LogP contribution is -2.32. The zero-order valence-corrected chi connectivity index (χ0v) is 14.7. The largest absolute Gasteiger partial charge is 0.355 e. The third-order valence-electron chi connectivity index (χ3n) is 4.50. The van der Waals surface area contributed by atoms with Crippen molar-refractivity contribution in [2.75, 3.05) is 11.9 Å². The van der Waals surface area contributed by atoms with Crippen LogP contribution in [-0.2, 0) is 0 Å². The molecule has 5 heteroatoms. The summed E-state index contributed by atoms with van der Waals surface area (Å²) < 4.78 is 0. The maximum Gasteiger partial charge on any atom is 0.266 e. The van der Waals surface area contributed by atoms with Gasteiger partial charge in [-0.1, -0.05) is 38.1 Å². The fourth-order valence-corrected chi connectivity index (χ4v) is 3.27. The molecule has 0 saturated carbocycles. The minimum atomic E-state index is -0.449. The number of carbonyl (C=O) groups is 3. The van der Waals surface area contributed by atoms with Crippen LogP contribution in [0.15, 0.2) is 36.4 Å². The van der Waals surface area contributed by atoms with E-state index in [4.69, 9.17) is 0 Å². The van der Waals surface area contributed by atoms with E-state index in [-0.39, 0.29) is 34.4 Å². The van der Waals surface area contributed by atoms with Crippen molar-refractivity contribution >= 4 is 23.4 Å². The van der Waals surface area contributed by atoms with Gasteiger partial charge in [-0.15, -0.1) is 0 Å². The van der Waals surface area contributed by atoms with E-state index >= 15 is 0 Å². The molecule has 0 aromatic heterocycles. The summed E-state index contributed by atoms with van der Waals surface area (Å²) >= 11 is 0. The average molecular weight is 336 g/mol. The Labute approximate surface area is 146 Å². The predicted molar refractivity (Wildman–Crippen MR) is 96.2 cm³/mol. The number of anilines is 1. The molecule has 0 radical (unpaired) electrons. The molecule has 0 spiro atoms. The van der Waals surface area contributed by atoms with Crippen LogP contribution in [0.25, 0.3) is 0 Å². The quantitative estimate of drug-likeness (QED) is 0.875. The normalized spacial score (nSPS) is 13.4. The summed E-state index contributed by atoms with van der Waals surface area (Å²) in [6.07, 6.45) is 0. The Balaban J connectivity index is 2.22. The molecular weight excluding hydrogens is 316 g/mol. The van der Waals surface area contributed by atoms with Crippen LogP contribution in [0.3, 0.4) is 0 Å². The SMILES string of the molecule is CNC(=O)c1cccc2c1C(=O)N(c1c(C)cccc1C(C)C)C2=O. The highest BCUT2D eigenvalue weighted by Gasteiger charge is 2.41. The Morgan fingerprint density at radius 1 is 1.04 bits per heavy atom. The maximum atomic E-state index is 13.1. The molecule has 3 rings (SSSR count). The molecule has 1 heterocycles. The number of amides is 3. The van der Waals surface area contributed by atoms with Crippen molar-refractivity contribution in [2.45, 2.75) is 26.7 Å². The van der Waals surface area contributed by atoms with Gasteiger partial charge < -0.3 is 5.32 Å². The molecule has 0 saturated heterocycles. The van der Waals surface area contributed by atoms with Crippen molar-refractivity contribution in [3.05, 3.63) is 64.2 Å². The summed E-state index contributed by atoms with van der Waals surface area (Å²) in [5.41, 5.74) is 3.05. The minimum Gasteiger partial charge on any atom is -0.355 e. The molecule has 2 aromatic carbocycles. The van der Waals surface area contributed by atoms with Crippen LogP contribution in [-0.4, -0.2) is 24.8 Å². The first-order chi connectivity index (χ1) is 11.9. The first kappa shape index (κ1) is 16.9. The number of carbonyl (C=O) groups excluding carboxylic acids is 3. The van der Waals surface area contributed by atoms with Gasteiger partial charge in [0.05, 0.1) is 22.4 Å². The fraction of sp³-hybridized carbons (Fsp3) is 0.250. The predicted octanol–water partition coefficient (Wildman–Crippen LogP) is 3.28. The van der Waals surface area contributed by atoms with Gasteiger partial charge >= 0.3 is 0 Å². The second kappa shape index (κ2) is 6.16. The van der Waals surface area contributed by atoms with E-state index in [0.29, 0.717) is 5.69 Å². The van der Waals surface area contributed by atoms with Gasteiger partial charge in [0.25, 0.3) is 17.7 Å². The van der Waals surface area contributed by atoms with Crippen molar-refractivity contribution in [1.82, 2.24) is 5.32 Å². The minimum absolute atomic E-state index is 0.151. The molecule has 25 heavy (non-hydrogen) atoms. The number of imide groups is 1. The number of nitrogens with zero attached hydrogens (tertiary/aromatic N) is 1. The number of hydrogen-bond acceptors (Lipinski definition) is 3. The summed E-state index contributed by atoms with van der Waals surface area (Å²) in [6.45, 7) is 5.92. The first-order valence-corrected chi connectivity index (χ1v) is 8.21. The molecule has 1 N–H and O–H groups in total. The standard InChI is InChI=1S/C20H20N2O3/c1-11(2)13-8-5-7-12(3)17(13)22-19(24)15-10-6-9-14(18(23)21-4)16(15)20(22)25/h5-11H,1-4H3,(H,21,23). The molecule has 3 amide bonds. The molecule has 0 atom stereocenters. The highest BCUT2D eigenvalue weighted by molar-refractivity contribution is 6.36. The summed E-state index contributed by atoms with van der Waals surface area (Å²) in [6, 6.07) is 10.5. The Hall–Kier alpha value is -2.95. The van der Waals surface area contributed by atoms with Gasteiger partial charge in [0.1, 0.15) is 0 Å². The smallest absolute Gasteiger partial charge is 0.266 e. The number of fused-ring (bicyclic) bond motifs is 1. The van der Waals surface area contributed by atoms with Crippen molar-refractivity contribution in [3.8, 4) is 0 Å². The molecule has 0 unspecified atom stereocenters. The van der Waals surface area contributed by atoms with E-state index in [1.165, 1.54) is 11.9 Å². The number of hydrogen-bond donors (Lipinski definition) is 1. The fourth-order valence-electron chi connectivity index (χ4n) is 3.27. The van der Waals surface area contributed by atoms with E-state index in [9.17, 15) is 14.4 Å². The zero-order chi connectivity index (χ0) is 18.3. The Bertz CT molecular complexity index is 900. The van der Waals surface area contributed by atoms with Crippen LogP contribution in [0, 0.1) is 6.92 Å². The number of benzene rings is 2. The lowest BCUT2D eigenvalue weighted by molar-refractivity contribution is 0.0912. The highest BCUT2D eigenvalue weighted by atomic mass is 16.2. The van der Waals surface area contributed by atoms with E-state index in [1.54, 1.807) is 18.2 Å². The van der Waals surface area contributed by atoms with Crippen molar-refractivity contribution in [1.29, 1.82) is 0 Å². The first-order valence-electron chi connectivity index (χ1n) is 8.21. The van der Waals surface area contributed by atoms with Gasteiger partial charge in [0, 0.05) is 7.05 Å². The number of para-hydroxylation sites is 1. The lowest BCUT2D eigenvalue weighted by atomic mass is 9.97. The summed E-state index contributed by atoms with van der Waals surface area (Å²) in [4.78, 5) is 39.4. The van der Waals surface area contributed by atoms with Gasteiger partial charge in [0.15, 0.2) is 0 Å². The summed E-state index contributed by atoms with van der Waals surface area (Å²) in [5, 5.41) is 2.52. The molecule has 2 aromatic rings. The van der Waals surface area contributed by atoms with Crippen LogP contribution < -0.4 is 10.2 Å². The molecule has 0 bridgehead atoms.